The zero-order valence-electron chi connectivity index (χ0n) is 18.1. The minimum Gasteiger partial charge on any atom is -0.373 e. The number of hydrogen-bond acceptors (Lipinski definition) is 8. The zero-order valence-corrected chi connectivity index (χ0v) is 18.1. The molecule has 0 bridgehead atoms. The number of nitrogens with zero attached hydrogens (tertiary/aromatic N) is 5. The van der Waals surface area contributed by atoms with E-state index in [0.717, 1.165) is 17.7 Å². The van der Waals surface area contributed by atoms with Crippen LogP contribution in [-0.4, -0.2) is 32.0 Å². The number of anilines is 1. The second kappa shape index (κ2) is 8.43. The molecule has 0 amide bonds. The number of nitrogen functional groups attached to an aromatic ring is 1. The molecule has 4 rings (SSSR count). The maximum Gasteiger partial charge on any atom is 0.260 e. The average Bonchev–Trinajstić information content (AvgIpc) is 3.39. The van der Waals surface area contributed by atoms with Crippen LogP contribution >= 0.6 is 0 Å². The van der Waals surface area contributed by atoms with Crippen molar-refractivity contribution in [2.45, 2.75) is 52.7 Å². The van der Waals surface area contributed by atoms with Gasteiger partial charge in [-0.15, -0.1) is 0 Å². The zero-order chi connectivity index (χ0) is 22.1. The summed E-state index contributed by atoms with van der Waals surface area (Å²) >= 11 is 0. The standard InChI is InChI=1S/C22H26N6O3/c1-12(2)24-19-14(4)21(29)28(22(23)26-19)10-18-25-20(27-31-18)16-9-17(30-11-16)15-7-5-13(3)6-8-15/h5-8,16-17H,9-11H2,1-4H3,(H2,23,26)/t16-,17+/m0/s1. The molecule has 162 valence electrons. The summed E-state index contributed by atoms with van der Waals surface area (Å²) in [6, 6.07) is 8.33. The smallest absolute Gasteiger partial charge is 0.260 e. The van der Waals surface area contributed by atoms with Crippen molar-refractivity contribution in [1.82, 2.24) is 19.7 Å². The molecule has 1 fully saturated rings. The molecule has 3 heterocycles. The van der Waals surface area contributed by atoms with Crippen LogP contribution in [0.15, 0.2) is 38.6 Å². The molecule has 9 nitrogen and oxygen atoms in total. The number of nitrogens with two attached hydrogens (primary N) is 1. The van der Waals surface area contributed by atoms with Crippen molar-refractivity contribution in [2.75, 3.05) is 12.3 Å². The maximum atomic E-state index is 12.7. The van der Waals surface area contributed by atoms with Gasteiger partial charge in [0.05, 0.1) is 18.3 Å². The monoisotopic (exact) mass is 422 g/mol. The molecule has 31 heavy (non-hydrogen) atoms. The largest absolute Gasteiger partial charge is 0.373 e. The predicted molar refractivity (Wildman–Crippen MR) is 117 cm³/mol. The van der Waals surface area contributed by atoms with Gasteiger partial charge in [-0.3, -0.25) is 9.36 Å². The van der Waals surface area contributed by atoms with E-state index in [0.29, 0.717) is 29.7 Å². The Kier molecular flexibility index (Phi) is 5.69. The lowest BCUT2D eigenvalue weighted by Crippen LogP contribution is -2.27. The first-order chi connectivity index (χ1) is 14.8. The van der Waals surface area contributed by atoms with E-state index < -0.39 is 0 Å². The molecule has 9 heteroatoms. The number of rotatable bonds is 5. The Morgan fingerprint density at radius 2 is 1.97 bits per heavy atom. The van der Waals surface area contributed by atoms with Gasteiger partial charge in [0.25, 0.3) is 5.56 Å². The first-order valence-corrected chi connectivity index (χ1v) is 10.2. The molecule has 2 atom stereocenters. The van der Waals surface area contributed by atoms with Crippen LogP contribution in [-0.2, 0) is 11.3 Å². The summed E-state index contributed by atoms with van der Waals surface area (Å²) in [7, 11) is 0. The Morgan fingerprint density at radius 1 is 1.23 bits per heavy atom. The number of aromatic nitrogens is 4. The van der Waals surface area contributed by atoms with E-state index in [1.165, 1.54) is 10.1 Å². The fraction of sp³-hybridized carbons (Fsp3) is 0.409. The third-order valence-corrected chi connectivity index (χ3v) is 5.32. The molecule has 1 aliphatic heterocycles. The molecule has 0 spiro atoms. The molecule has 1 saturated heterocycles. The molecular formula is C22H26N6O3. The van der Waals surface area contributed by atoms with Crippen molar-refractivity contribution < 1.29 is 9.26 Å². The summed E-state index contributed by atoms with van der Waals surface area (Å²) in [6.07, 6.45) is 0.779. The SMILES string of the molecule is CC(C)=Nc1nc(N)n(Cc2nc([C@@H]3CO[C@@H](c4ccc(C)cc4)C3)no2)c(=O)c1C. The quantitative estimate of drug-likeness (QED) is 0.626. The summed E-state index contributed by atoms with van der Waals surface area (Å²) in [5.74, 6) is 1.28. The van der Waals surface area contributed by atoms with E-state index >= 15 is 0 Å². The molecule has 3 aromatic rings. The maximum absolute atomic E-state index is 12.7. The van der Waals surface area contributed by atoms with Crippen molar-refractivity contribution >= 4 is 17.5 Å². The van der Waals surface area contributed by atoms with Gasteiger partial charge in [-0.2, -0.15) is 9.97 Å². The fourth-order valence-electron chi connectivity index (χ4n) is 3.58. The third-order valence-electron chi connectivity index (χ3n) is 5.32. The third kappa shape index (κ3) is 4.41. The van der Waals surface area contributed by atoms with Crippen molar-refractivity contribution in [2.24, 2.45) is 4.99 Å². The van der Waals surface area contributed by atoms with Gasteiger partial charge in [0, 0.05) is 11.6 Å². The summed E-state index contributed by atoms with van der Waals surface area (Å²) in [6.45, 7) is 7.97. The van der Waals surface area contributed by atoms with E-state index in [2.05, 4.69) is 51.3 Å². The van der Waals surface area contributed by atoms with Gasteiger partial charge in [-0.05, 0) is 39.7 Å². The highest BCUT2D eigenvalue weighted by atomic mass is 16.5. The Bertz CT molecular complexity index is 1170. The van der Waals surface area contributed by atoms with E-state index in [9.17, 15) is 4.79 Å². The van der Waals surface area contributed by atoms with Gasteiger partial charge in [-0.1, -0.05) is 35.0 Å². The van der Waals surface area contributed by atoms with Gasteiger partial charge in [0.1, 0.15) is 6.54 Å². The van der Waals surface area contributed by atoms with Gasteiger partial charge < -0.3 is 15.0 Å². The van der Waals surface area contributed by atoms with E-state index in [-0.39, 0.29) is 30.1 Å². The van der Waals surface area contributed by atoms with Crippen LogP contribution < -0.4 is 11.3 Å². The Labute approximate surface area is 180 Å². The molecule has 2 aromatic heterocycles. The average molecular weight is 422 g/mol. The Morgan fingerprint density at radius 3 is 2.68 bits per heavy atom. The van der Waals surface area contributed by atoms with Gasteiger partial charge in [-0.25, -0.2) is 4.99 Å². The topological polar surface area (TPSA) is 121 Å². The Balaban J connectivity index is 1.50. The molecular weight excluding hydrogens is 396 g/mol. The highest BCUT2D eigenvalue weighted by Crippen LogP contribution is 2.37. The lowest BCUT2D eigenvalue weighted by atomic mass is 9.99. The summed E-state index contributed by atoms with van der Waals surface area (Å²) in [5.41, 5.74) is 9.29. The van der Waals surface area contributed by atoms with Crippen molar-refractivity contribution in [3.05, 3.63) is 63.0 Å². The van der Waals surface area contributed by atoms with Crippen molar-refractivity contribution in [1.29, 1.82) is 0 Å². The predicted octanol–water partition coefficient (Wildman–Crippen LogP) is 3.23. The second-order valence-corrected chi connectivity index (χ2v) is 8.08. The van der Waals surface area contributed by atoms with Crippen LogP contribution in [0.3, 0.4) is 0 Å². The molecule has 0 aliphatic carbocycles. The number of aliphatic imine (C=N–C) groups is 1. The van der Waals surface area contributed by atoms with Crippen LogP contribution in [0.1, 0.15) is 60.7 Å². The van der Waals surface area contributed by atoms with Gasteiger partial charge >= 0.3 is 0 Å². The molecule has 1 aromatic carbocycles. The van der Waals surface area contributed by atoms with Crippen LogP contribution in [0.25, 0.3) is 0 Å². The lowest BCUT2D eigenvalue weighted by Gasteiger charge is -2.09. The van der Waals surface area contributed by atoms with Crippen LogP contribution in [0.2, 0.25) is 0 Å². The minimum absolute atomic E-state index is 0.00721. The highest BCUT2D eigenvalue weighted by Gasteiger charge is 2.31. The molecule has 0 unspecified atom stereocenters. The summed E-state index contributed by atoms with van der Waals surface area (Å²) < 4.78 is 12.7. The van der Waals surface area contributed by atoms with Crippen LogP contribution in [0.4, 0.5) is 11.8 Å². The number of benzene rings is 1. The fourth-order valence-corrected chi connectivity index (χ4v) is 3.58. The Hall–Kier alpha value is -3.33. The second-order valence-electron chi connectivity index (χ2n) is 8.08. The lowest BCUT2D eigenvalue weighted by molar-refractivity contribution is 0.110. The summed E-state index contributed by atoms with van der Waals surface area (Å²) in [4.78, 5) is 25.7. The van der Waals surface area contributed by atoms with E-state index in [1.807, 2.05) is 13.8 Å². The number of ether oxygens (including phenoxy) is 1. The normalized spacial score (nSPS) is 18.3. The molecule has 0 saturated carbocycles. The number of hydrogen-bond donors (Lipinski definition) is 1. The molecule has 2 N–H and O–H groups in total. The van der Waals surface area contributed by atoms with Crippen molar-refractivity contribution in [3.63, 3.8) is 0 Å². The summed E-state index contributed by atoms with van der Waals surface area (Å²) in [5, 5.41) is 4.11. The first-order valence-electron chi connectivity index (χ1n) is 10.2. The minimum atomic E-state index is -0.282. The van der Waals surface area contributed by atoms with Crippen LogP contribution in [0, 0.1) is 13.8 Å². The molecule has 1 aliphatic rings. The highest BCUT2D eigenvalue weighted by molar-refractivity contribution is 5.81. The first kappa shape index (κ1) is 20.9. The van der Waals surface area contributed by atoms with E-state index in [1.54, 1.807) is 6.92 Å². The number of aryl methyl sites for hydroxylation is 1. The van der Waals surface area contributed by atoms with Crippen molar-refractivity contribution in [3.8, 4) is 0 Å². The van der Waals surface area contributed by atoms with Gasteiger partial charge in [0.15, 0.2) is 11.6 Å². The van der Waals surface area contributed by atoms with Gasteiger partial charge in [0.2, 0.25) is 11.8 Å². The van der Waals surface area contributed by atoms with E-state index in [4.69, 9.17) is 15.0 Å². The molecule has 0 radical (unpaired) electrons. The van der Waals surface area contributed by atoms with Crippen LogP contribution in [0.5, 0.6) is 0 Å².